The Bertz CT molecular complexity index is 195. The molecule has 0 amide bonds. The van der Waals surface area contributed by atoms with Gasteiger partial charge < -0.3 is 10.1 Å². The molecule has 1 aliphatic heterocycles. The van der Waals surface area contributed by atoms with Crippen LogP contribution in [0.1, 0.15) is 0 Å². The first-order valence-corrected chi connectivity index (χ1v) is 3.97. The molecule has 1 rings (SSSR count). The summed E-state index contributed by atoms with van der Waals surface area (Å²) in [6.45, 7) is 1.92. The molecule has 5 heteroatoms. The Labute approximate surface area is 68.6 Å². The van der Waals surface area contributed by atoms with Gasteiger partial charge in [0.05, 0.1) is 13.2 Å². The van der Waals surface area contributed by atoms with E-state index >= 15 is 0 Å². The molecule has 0 aromatic carbocycles. The molecular weight excluding hydrogens is 164 g/mol. The summed E-state index contributed by atoms with van der Waals surface area (Å²) in [4.78, 5) is 0. The minimum atomic E-state index is 0.0120. The van der Waals surface area contributed by atoms with Crippen molar-refractivity contribution in [2.24, 2.45) is 0 Å². The standard InChI is InChI=1S/C6H9N2O2S/c7-6(11-9)3-5-4-10-2-1-8-5/h3,7-8H,1-2,4H2/q+1/b5-3-,7-6?. The second-order valence-corrected chi connectivity index (χ2v) is 2.70. The van der Waals surface area contributed by atoms with Gasteiger partial charge in [-0.1, -0.05) is 0 Å². The maximum atomic E-state index is 10.1. The molecular formula is C6H9N2O2S+. The summed E-state index contributed by atoms with van der Waals surface area (Å²) in [6.07, 6.45) is 1.50. The molecule has 2 N–H and O–H groups in total. The smallest absolute Gasteiger partial charge is 0.384 e. The van der Waals surface area contributed by atoms with Gasteiger partial charge in [0, 0.05) is 22.5 Å². The topological polar surface area (TPSA) is 62.2 Å². The molecule has 0 atom stereocenters. The van der Waals surface area contributed by atoms with Gasteiger partial charge in [-0.25, -0.2) is 5.41 Å². The van der Waals surface area contributed by atoms with E-state index in [1.54, 1.807) is 0 Å². The highest BCUT2D eigenvalue weighted by Crippen LogP contribution is 1.96. The van der Waals surface area contributed by atoms with E-state index in [2.05, 4.69) is 5.32 Å². The van der Waals surface area contributed by atoms with Crippen LogP contribution in [0.3, 0.4) is 0 Å². The summed E-state index contributed by atoms with van der Waals surface area (Å²) < 4.78 is 15.2. The Morgan fingerprint density at radius 3 is 3.18 bits per heavy atom. The second kappa shape index (κ2) is 4.15. The minimum absolute atomic E-state index is 0.0120. The van der Waals surface area contributed by atoms with Crippen LogP contribution >= 0.6 is 0 Å². The maximum absolute atomic E-state index is 10.1. The van der Waals surface area contributed by atoms with E-state index in [0.29, 0.717) is 13.2 Å². The van der Waals surface area contributed by atoms with Gasteiger partial charge in [-0.2, -0.15) is 0 Å². The van der Waals surface area contributed by atoms with Crippen LogP contribution in [0.15, 0.2) is 11.8 Å². The van der Waals surface area contributed by atoms with Gasteiger partial charge in [-0.15, -0.1) is 0 Å². The molecule has 11 heavy (non-hydrogen) atoms. The van der Waals surface area contributed by atoms with E-state index in [1.807, 2.05) is 0 Å². The lowest BCUT2D eigenvalue weighted by Gasteiger charge is -2.15. The monoisotopic (exact) mass is 173 g/mol. The highest BCUT2D eigenvalue weighted by Gasteiger charge is 2.11. The van der Waals surface area contributed by atoms with Crippen molar-refractivity contribution in [2.45, 2.75) is 0 Å². The molecule has 0 aromatic rings. The van der Waals surface area contributed by atoms with Crippen LogP contribution in [0, 0.1) is 5.41 Å². The number of ether oxygens (including phenoxy) is 1. The molecule has 0 aliphatic carbocycles. The lowest BCUT2D eigenvalue weighted by Crippen LogP contribution is -2.29. The van der Waals surface area contributed by atoms with Crippen LogP contribution in [-0.4, -0.2) is 24.8 Å². The van der Waals surface area contributed by atoms with E-state index in [-0.39, 0.29) is 16.7 Å². The summed E-state index contributed by atoms with van der Waals surface area (Å²) in [5.74, 6) is 0. The first kappa shape index (κ1) is 8.29. The molecule has 0 saturated carbocycles. The first-order chi connectivity index (χ1) is 5.33. The molecule has 60 valence electrons. The lowest BCUT2D eigenvalue weighted by molar-refractivity contribution is 0.132. The van der Waals surface area contributed by atoms with Crippen LogP contribution in [0.4, 0.5) is 0 Å². The Balaban J connectivity index is 2.49. The van der Waals surface area contributed by atoms with Crippen molar-refractivity contribution in [2.75, 3.05) is 19.8 Å². The normalized spacial score (nSPS) is 20.9. The van der Waals surface area contributed by atoms with Gasteiger partial charge >= 0.3 is 16.7 Å². The summed E-state index contributed by atoms with van der Waals surface area (Å²) in [7, 11) is 0. The average Bonchev–Trinajstić information content (AvgIpc) is 2.06. The number of rotatable bonds is 1. The summed E-state index contributed by atoms with van der Waals surface area (Å²) in [6, 6.07) is 0. The number of nitrogens with one attached hydrogen (secondary N) is 2. The van der Waals surface area contributed by atoms with E-state index in [9.17, 15) is 4.21 Å². The minimum Gasteiger partial charge on any atom is -0.384 e. The molecule has 1 fully saturated rings. The fourth-order valence-electron chi connectivity index (χ4n) is 0.792. The highest BCUT2D eigenvalue weighted by molar-refractivity contribution is 7.83. The Morgan fingerprint density at radius 1 is 1.82 bits per heavy atom. The lowest BCUT2D eigenvalue weighted by atomic mass is 10.4. The third-order valence-electron chi connectivity index (χ3n) is 1.25. The molecule has 1 aliphatic rings. The molecule has 0 radical (unpaired) electrons. The number of hydrogen-bond acceptors (Lipinski definition) is 4. The van der Waals surface area contributed by atoms with Crippen LogP contribution in [0.5, 0.6) is 0 Å². The van der Waals surface area contributed by atoms with Crippen LogP contribution < -0.4 is 5.32 Å². The Kier molecular flexibility index (Phi) is 3.13. The maximum Gasteiger partial charge on any atom is 0.526 e. The van der Waals surface area contributed by atoms with Crippen molar-refractivity contribution in [1.29, 1.82) is 5.41 Å². The van der Waals surface area contributed by atoms with Gasteiger partial charge in [-0.05, 0) is 0 Å². The first-order valence-electron chi connectivity index (χ1n) is 3.23. The van der Waals surface area contributed by atoms with Crippen molar-refractivity contribution < 1.29 is 8.95 Å². The summed E-state index contributed by atoms with van der Waals surface area (Å²) in [5, 5.41) is 10.1. The zero-order chi connectivity index (χ0) is 8.10. The second-order valence-electron chi connectivity index (χ2n) is 2.10. The fraction of sp³-hybridized carbons (Fsp3) is 0.500. The van der Waals surface area contributed by atoms with E-state index in [0.717, 1.165) is 12.2 Å². The molecule has 1 saturated heterocycles. The predicted molar refractivity (Wildman–Crippen MR) is 42.7 cm³/mol. The summed E-state index contributed by atoms with van der Waals surface area (Å²) in [5.41, 5.74) is 0.810. The molecule has 0 unspecified atom stereocenters. The number of hydrogen-bond donors (Lipinski definition) is 2. The largest absolute Gasteiger partial charge is 0.526 e. The highest BCUT2D eigenvalue weighted by atomic mass is 32.1. The SMILES string of the molecule is N=C(/C=C1/COCCN1)[S+]=O. The average molecular weight is 173 g/mol. The zero-order valence-corrected chi connectivity index (χ0v) is 6.74. The van der Waals surface area contributed by atoms with E-state index < -0.39 is 0 Å². The molecule has 4 nitrogen and oxygen atoms in total. The van der Waals surface area contributed by atoms with Crippen LogP contribution in [0.2, 0.25) is 0 Å². The van der Waals surface area contributed by atoms with Crippen LogP contribution in [-0.2, 0) is 20.6 Å². The zero-order valence-electron chi connectivity index (χ0n) is 5.92. The predicted octanol–water partition coefficient (Wildman–Crippen LogP) is -0.105. The van der Waals surface area contributed by atoms with Gasteiger partial charge in [0.1, 0.15) is 0 Å². The van der Waals surface area contributed by atoms with Crippen molar-refractivity contribution in [3.8, 4) is 0 Å². The van der Waals surface area contributed by atoms with Gasteiger partial charge in [0.15, 0.2) is 0 Å². The third kappa shape index (κ3) is 2.73. The van der Waals surface area contributed by atoms with Gasteiger partial charge in [-0.3, -0.25) is 0 Å². The molecule has 1 heterocycles. The Hall–Kier alpha value is -0.810. The summed E-state index contributed by atoms with van der Waals surface area (Å²) >= 11 is 0.180. The van der Waals surface area contributed by atoms with Crippen LogP contribution in [0.25, 0.3) is 0 Å². The molecule has 0 aromatic heterocycles. The van der Waals surface area contributed by atoms with Crippen molar-refractivity contribution >= 4 is 16.7 Å². The quantitative estimate of drug-likeness (QED) is 0.330. The van der Waals surface area contributed by atoms with E-state index in [4.69, 9.17) is 10.1 Å². The van der Waals surface area contributed by atoms with Gasteiger partial charge in [0.2, 0.25) is 0 Å². The Morgan fingerprint density at radius 2 is 2.64 bits per heavy atom. The van der Waals surface area contributed by atoms with Gasteiger partial charge in [0.25, 0.3) is 0 Å². The third-order valence-corrected chi connectivity index (χ3v) is 1.55. The molecule has 0 spiro atoms. The van der Waals surface area contributed by atoms with Crippen molar-refractivity contribution in [3.63, 3.8) is 0 Å². The van der Waals surface area contributed by atoms with Crippen molar-refractivity contribution in [1.82, 2.24) is 5.32 Å². The van der Waals surface area contributed by atoms with Crippen molar-refractivity contribution in [3.05, 3.63) is 11.8 Å². The molecule has 0 bridgehead atoms. The van der Waals surface area contributed by atoms with E-state index in [1.165, 1.54) is 6.08 Å². The fourth-order valence-corrected chi connectivity index (χ4v) is 0.982. The number of morpholine rings is 1.